The van der Waals surface area contributed by atoms with Gasteiger partial charge in [-0.25, -0.2) is 5.48 Å². The number of benzene rings is 2. The number of nitrogens with one attached hydrogen (secondary N) is 2. The first kappa shape index (κ1) is 18.4. The summed E-state index contributed by atoms with van der Waals surface area (Å²) >= 11 is 0. The molecule has 0 aliphatic heterocycles. The van der Waals surface area contributed by atoms with Gasteiger partial charge in [-0.1, -0.05) is 6.07 Å². The van der Waals surface area contributed by atoms with Gasteiger partial charge < -0.3 is 9.88 Å². The van der Waals surface area contributed by atoms with E-state index >= 15 is 0 Å². The summed E-state index contributed by atoms with van der Waals surface area (Å²) in [7, 11) is 3.92. The Hall–Kier alpha value is -3.38. The van der Waals surface area contributed by atoms with Crippen LogP contribution in [0.25, 0.3) is 17.0 Å². The molecule has 0 aliphatic rings. The standard InChI is InChI=1S/C21H21N3O3/c1-24(2)18-7-4-15(5-8-18)20(25)12-14-3-9-19-16(11-14)13-17(22-19)6-10-21(26)23-27/h3-11,13,22,27H,12H2,1-2H3,(H,23,26)/b10-6+. The molecule has 6 nitrogen and oxygen atoms in total. The molecule has 0 aliphatic carbocycles. The highest BCUT2D eigenvalue weighted by atomic mass is 16.5. The molecule has 27 heavy (non-hydrogen) atoms. The highest BCUT2D eigenvalue weighted by Gasteiger charge is 2.09. The van der Waals surface area contributed by atoms with Gasteiger partial charge in [-0.15, -0.1) is 0 Å². The van der Waals surface area contributed by atoms with Gasteiger partial charge in [0, 0.05) is 54.4 Å². The number of Topliss-reactive ketones (excluding diaryl/α,β-unsaturated/α-hetero) is 1. The normalized spacial score (nSPS) is 11.1. The summed E-state index contributed by atoms with van der Waals surface area (Å²) in [6.07, 6.45) is 3.12. The summed E-state index contributed by atoms with van der Waals surface area (Å²) in [5, 5.41) is 9.46. The van der Waals surface area contributed by atoms with Crippen LogP contribution < -0.4 is 10.4 Å². The van der Waals surface area contributed by atoms with E-state index in [9.17, 15) is 9.59 Å². The van der Waals surface area contributed by atoms with Crippen LogP contribution in [0.4, 0.5) is 5.69 Å². The molecule has 3 rings (SSSR count). The minimum Gasteiger partial charge on any atom is -0.378 e. The zero-order chi connectivity index (χ0) is 19.4. The monoisotopic (exact) mass is 363 g/mol. The molecular weight excluding hydrogens is 342 g/mol. The number of nitrogens with zero attached hydrogens (tertiary/aromatic N) is 1. The zero-order valence-corrected chi connectivity index (χ0v) is 15.2. The molecule has 0 fully saturated rings. The van der Waals surface area contributed by atoms with Gasteiger partial charge in [0.05, 0.1) is 0 Å². The third-order valence-electron chi connectivity index (χ3n) is 4.30. The minimum absolute atomic E-state index is 0.0647. The molecule has 1 heterocycles. The number of hydrogen-bond acceptors (Lipinski definition) is 4. The van der Waals surface area contributed by atoms with Crippen LogP contribution in [-0.2, 0) is 11.2 Å². The quantitative estimate of drug-likeness (QED) is 0.272. The summed E-state index contributed by atoms with van der Waals surface area (Å²) in [6, 6.07) is 15.2. The van der Waals surface area contributed by atoms with E-state index in [1.807, 2.05) is 67.5 Å². The van der Waals surface area contributed by atoms with E-state index in [4.69, 9.17) is 5.21 Å². The van der Waals surface area contributed by atoms with Crippen molar-refractivity contribution >= 4 is 34.4 Å². The number of aromatic amines is 1. The second-order valence-electron chi connectivity index (χ2n) is 6.50. The van der Waals surface area contributed by atoms with E-state index in [0.717, 1.165) is 27.8 Å². The molecule has 6 heteroatoms. The van der Waals surface area contributed by atoms with Crippen molar-refractivity contribution in [2.75, 3.05) is 19.0 Å². The first-order valence-electron chi connectivity index (χ1n) is 8.50. The molecule has 0 saturated carbocycles. The first-order valence-corrected chi connectivity index (χ1v) is 8.50. The van der Waals surface area contributed by atoms with Gasteiger partial charge in [0.25, 0.3) is 5.91 Å². The fourth-order valence-corrected chi connectivity index (χ4v) is 2.84. The van der Waals surface area contributed by atoms with Crippen molar-refractivity contribution in [3.05, 3.63) is 71.4 Å². The molecule has 0 unspecified atom stereocenters. The molecule has 2 aromatic carbocycles. The molecule has 0 bridgehead atoms. The lowest BCUT2D eigenvalue weighted by atomic mass is 10.0. The predicted molar refractivity (Wildman–Crippen MR) is 106 cm³/mol. The minimum atomic E-state index is -0.597. The van der Waals surface area contributed by atoms with Crippen LogP contribution in [0.3, 0.4) is 0 Å². The van der Waals surface area contributed by atoms with Crippen molar-refractivity contribution < 1.29 is 14.8 Å². The van der Waals surface area contributed by atoms with Gasteiger partial charge >= 0.3 is 0 Å². The average Bonchev–Trinajstić information content (AvgIpc) is 3.08. The largest absolute Gasteiger partial charge is 0.378 e. The molecule has 138 valence electrons. The van der Waals surface area contributed by atoms with E-state index in [1.54, 1.807) is 11.6 Å². The number of rotatable bonds is 6. The Morgan fingerprint density at radius 3 is 2.52 bits per heavy atom. The number of ketones is 1. The zero-order valence-electron chi connectivity index (χ0n) is 15.2. The van der Waals surface area contributed by atoms with Crippen molar-refractivity contribution in [2.24, 2.45) is 0 Å². The van der Waals surface area contributed by atoms with E-state index < -0.39 is 5.91 Å². The molecule has 0 saturated heterocycles. The molecule has 3 N–H and O–H groups in total. The lowest BCUT2D eigenvalue weighted by Gasteiger charge is -2.12. The van der Waals surface area contributed by atoms with E-state index in [1.165, 1.54) is 6.08 Å². The number of anilines is 1. The molecular formula is C21H21N3O3. The fraction of sp³-hybridized carbons (Fsp3) is 0.143. The lowest BCUT2D eigenvalue weighted by Crippen LogP contribution is -2.14. The maximum absolute atomic E-state index is 12.5. The molecule has 1 aromatic heterocycles. The van der Waals surface area contributed by atoms with Crippen LogP contribution in [0, 0.1) is 0 Å². The number of hydrogen-bond donors (Lipinski definition) is 3. The average molecular weight is 363 g/mol. The van der Waals surface area contributed by atoms with Crippen molar-refractivity contribution in [3.8, 4) is 0 Å². The third kappa shape index (κ3) is 4.43. The molecule has 3 aromatic rings. The predicted octanol–water partition coefficient (Wildman–Crippen LogP) is 3.18. The van der Waals surface area contributed by atoms with Crippen LogP contribution >= 0.6 is 0 Å². The smallest absolute Gasteiger partial charge is 0.267 e. The van der Waals surface area contributed by atoms with Crippen LogP contribution in [0.1, 0.15) is 21.6 Å². The Morgan fingerprint density at radius 2 is 1.85 bits per heavy atom. The number of aromatic nitrogens is 1. The van der Waals surface area contributed by atoms with Crippen molar-refractivity contribution in [2.45, 2.75) is 6.42 Å². The van der Waals surface area contributed by atoms with E-state index in [2.05, 4.69) is 4.98 Å². The number of carbonyl (C=O) groups excluding carboxylic acids is 2. The van der Waals surface area contributed by atoms with Gasteiger partial charge in [-0.05, 0) is 54.1 Å². The van der Waals surface area contributed by atoms with Crippen LogP contribution in [0.2, 0.25) is 0 Å². The van der Waals surface area contributed by atoms with Crippen LogP contribution in [0.5, 0.6) is 0 Å². The topological polar surface area (TPSA) is 85.4 Å². The van der Waals surface area contributed by atoms with E-state index in [-0.39, 0.29) is 5.78 Å². The Bertz CT molecular complexity index is 1000. The summed E-state index contributed by atoms with van der Waals surface area (Å²) in [5.74, 6) is -0.532. The molecule has 0 radical (unpaired) electrons. The van der Waals surface area contributed by atoms with Gasteiger partial charge in [-0.3, -0.25) is 14.8 Å². The maximum atomic E-state index is 12.5. The maximum Gasteiger partial charge on any atom is 0.267 e. The number of hydroxylamine groups is 1. The first-order chi connectivity index (χ1) is 13.0. The van der Waals surface area contributed by atoms with E-state index in [0.29, 0.717) is 12.0 Å². The Morgan fingerprint density at radius 1 is 1.11 bits per heavy atom. The second kappa shape index (κ2) is 7.88. The molecule has 0 spiro atoms. The van der Waals surface area contributed by atoms with Crippen molar-refractivity contribution in [3.63, 3.8) is 0 Å². The Balaban J connectivity index is 1.75. The fourth-order valence-electron chi connectivity index (χ4n) is 2.84. The van der Waals surface area contributed by atoms with Gasteiger partial charge in [-0.2, -0.15) is 0 Å². The summed E-state index contributed by atoms with van der Waals surface area (Å²) in [6.45, 7) is 0. The Kier molecular flexibility index (Phi) is 5.38. The highest BCUT2D eigenvalue weighted by Crippen LogP contribution is 2.20. The lowest BCUT2D eigenvalue weighted by molar-refractivity contribution is -0.124. The third-order valence-corrected chi connectivity index (χ3v) is 4.30. The number of carbonyl (C=O) groups is 2. The van der Waals surface area contributed by atoms with Gasteiger partial charge in [0.1, 0.15) is 0 Å². The van der Waals surface area contributed by atoms with Gasteiger partial charge in [0.15, 0.2) is 5.78 Å². The van der Waals surface area contributed by atoms with Crippen LogP contribution in [0.15, 0.2) is 54.6 Å². The SMILES string of the molecule is CN(C)c1ccc(C(=O)Cc2ccc3[nH]c(/C=C/C(=O)NO)cc3c2)cc1. The van der Waals surface area contributed by atoms with Crippen LogP contribution in [-0.4, -0.2) is 36.0 Å². The van der Waals surface area contributed by atoms with Crippen molar-refractivity contribution in [1.82, 2.24) is 10.5 Å². The Labute approximate surface area is 157 Å². The van der Waals surface area contributed by atoms with Crippen molar-refractivity contribution in [1.29, 1.82) is 0 Å². The second-order valence-corrected chi connectivity index (χ2v) is 6.50. The summed E-state index contributed by atoms with van der Waals surface area (Å²) < 4.78 is 0. The molecule has 0 atom stereocenters. The number of amides is 1. The molecule has 1 amide bonds. The summed E-state index contributed by atoms with van der Waals surface area (Å²) in [5.41, 5.74) is 5.85. The summed E-state index contributed by atoms with van der Waals surface area (Å²) in [4.78, 5) is 28.8. The number of fused-ring (bicyclic) bond motifs is 1. The number of H-pyrrole nitrogens is 1. The highest BCUT2D eigenvalue weighted by molar-refractivity contribution is 5.98. The van der Waals surface area contributed by atoms with Gasteiger partial charge in [0.2, 0.25) is 0 Å².